The van der Waals surface area contributed by atoms with Crippen molar-refractivity contribution in [3.63, 3.8) is 0 Å². The first-order valence-electron chi connectivity index (χ1n) is 6.45. The van der Waals surface area contributed by atoms with E-state index in [1.54, 1.807) is 12.3 Å². The number of rotatable bonds is 5. The fraction of sp³-hybridized carbons (Fsp3) is 0.538. The molecule has 5 heteroatoms. The third-order valence-electron chi connectivity index (χ3n) is 3.27. The number of anilines is 1. The van der Waals surface area contributed by atoms with Crippen LogP contribution in [-0.2, 0) is 0 Å². The first kappa shape index (κ1) is 12.8. The van der Waals surface area contributed by atoms with Crippen molar-refractivity contribution < 1.29 is 4.79 Å². The van der Waals surface area contributed by atoms with Crippen molar-refractivity contribution in [2.45, 2.75) is 25.8 Å². The van der Waals surface area contributed by atoms with Gasteiger partial charge in [0, 0.05) is 31.0 Å². The van der Waals surface area contributed by atoms with Gasteiger partial charge >= 0.3 is 0 Å². The van der Waals surface area contributed by atoms with Crippen molar-refractivity contribution >= 4 is 11.6 Å². The lowest BCUT2D eigenvalue weighted by Crippen LogP contribution is -2.37. The maximum Gasteiger partial charge on any atom is 0.267 e. The highest BCUT2D eigenvalue weighted by Gasteiger charge is 2.22. The Balaban J connectivity index is 2.23. The smallest absolute Gasteiger partial charge is 0.267 e. The summed E-state index contributed by atoms with van der Waals surface area (Å²) in [6.07, 6.45) is 3.86. The van der Waals surface area contributed by atoms with Gasteiger partial charge in [-0.3, -0.25) is 9.78 Å². The van der Waals surface area contributed by atoms with Crippen molar-refractivity contribution in [1.29, 1.82) is 0 Å². The predicted octanol–water partition coefficient (Wildman–Crippen LogP) is 0.759. The summed E-state index contributed by atoms with van der Waals surface area (Å²) < 4.78 is 0. The zero-order chi connectivity index (χ0) is 13.0. The van der Waals surface area contributed by atoms with E-state index in [2.05, 4.69) is 22.1 Å². The van der Waals surface area contributed by atoms with Crippen LogP contribution in [0.3, 0.4) is 0 Å². The van der Waals surface area contributed by atoms with Gasteiger partial charge in [-0.2, -0.15) is 0 Å². The average molecular weight is 248 g/mol. The van der Waals surface area contributed by atoms with E-state index in [0.717, 1.165) is 38.2 Å². The molecule has 0 radical (unpaired) electrons. The number of nitrogens with one attached hydrogen (secondary N) is 1. The van der Waals surface area contributed by atoms with Gasteiger partial charge in [0.15, 0.2) is 0 Å². The zero-order valence-corrected chi connectivity index (χ0v) is 10.7. The van der Waals surface area contributed by atoms with Gasteiger partial charge < -0.3 is 16.0 Å². The number of hydrogen-bond donors (Lipinski definition) is 2. The van der Waals surface area contributed by atoms with Crippen LogP contribution < -0.4 is 16.0 Å². The Morgan fingerprint density at radius 3 is 3.11 bits per heavy atom. The molecule has 1 fully saturated rings. The summed E-state index contributed by atoms with van der Waals surface area (Å²) in [5, 5.41) is 3.37. The monoisotopic (exact) mass is 248 g/mol. The van der Waals surface area contributed by atoms with E-state index in [0.29, 0.717) is 11.7 Å². The highest BCUT2D eigenvalue weighted by molar-refractivity contribution is 5.91. The molecule has 1 atom stereocenters. The van der Waals surface area contributed by atoms with Crippen LogP contribution in [0.25, 0.3) is 0 Å². The molecule has 0 aliphatic carbocycles. The number of nitrogens with zero attached hydrogens (tertiary/aromatic N) is 2. The molecule has 0 aromatic carbocycles. The SMILES string of the molecule is CCCN(c1ccnc(C(N)=O)c1)C1CCNC1. The molecular formula is C13H20N4O. The quantitative estimate of drug-likeness (QED) is 0.807. The second kappa shape index (κ2) is 5.82. The minimum atomic E-state index is -0.474. The third kappa shape index (κ3) is 2.79. The molecule has 2 heterocycles. The number of primary amides is 1. The van der Waals surface area contributed by atoms with Crippen molar-refractivity contribution in [2.75, 3.05) is 24.5 Å². The first-order chi connectivity index (χ1) is 8.72. The fourth-order valence-corrected chi connectivity index (χ4v) is 2.40. The maximum absolute atomic E-state index is 11.2. The molecule has 1 aliphatic rings. The first-order valence-corrected chi connectivity index (χ1v) is 6.45. The van der Waals surface area contributed by atoms with Crippen LogP contribution in [0.5, 0.6) is 0 Å². The van der Waals surface area contributed by atoms with Gasteiger partial charge in [0.25, 0.3) is 5.91 Å². The van der Waals surface area contributed by atoms with E-state index in [4.69, 9.17) is 5.73 Å². The van der Waals surface area contributed by atoms with Crippen LogP contribution in [0.4, 0.5) is 5.69 Å². The summed E-state index contributed by atoms with van der Waals surface area (Å²) >= 11 is 0. The van der Waals surface area contributed by atoms with Gasteiger partial charge in [0.05, 0.1) is 0 Å². The highest BCUT2D eigenvalue weighted by atomic mass is 16.1. The Morgan fingerprint density at radius 2 is 2.50 bits per heavy atom. The molecule has 0 bridgehead atoms. The Hall–Kier alpha value is -1.62. The molecule has 98 valence electrons. The van der Waals surface area contributed by atoms with Crippen LogP contribution in [0.1, 0.15) is 30.3 Å². The maximum atomic E-state index is 11.2. The van der Waals surface area contributed by atoms with Gasteiger partial charge in [0.1, 0.15) is 5.69 Å². The van der Waals surface area contributed by atoms with Crippen molar-refractivity contribution in [3.8, 4) is 0 Å². The summed E-state index contributed by atoms with van der Waals surface area (Å²) in [5.41, 5.74) is 6.65. The van der Waals surface area contributed by atoms with Crippen LogP contribution in [0.15, 0.2) is 18.3 Å². The summed E-state index contributed by atoms with van der Waals surface area (Å²) in [7, 11) is 0. The molecule has 18 heavy (non-hydrogen) atoms. The molecule has 0 saturated carbocycles. The van der Waals surface area contributed by atoms with E-state index >= 15 is 0 Å². The van der Waals surface area contributed by atoms with E-state index in [1.807, 2.05) is 6.07 Å². The highest BCUT2D eigenvalue weighted by Crippen LogP contribution is 2.20. The van der Waals surface area contributed by atoms with Gasteiger partial charge in [-0.25, -0.2) is 0 Å². The van der Waals surface area contributed by atoms with Crippen LogP contribution in [-0.4, -0.2) is 36.6 Å². The summed E-state index contributed by atoms with van der Waals surface area (Å²) in [5.74, 6) is -0.474. The largest absolute Gasteiger partial charge is 0.367 e. The second-order valence-corrected chi connectivity index (χ2v) is 4.60. The summed E-state index contributed by atoms with van der Waals surface area (Å²) in [4.78, 5) is 17.5. The molecule has 1 saturated heterocycles. The summed E-state index contributed by atoms with van der Waals surface area (Å²) in [6.45, 7) is 5.19. The van der Waals surface area contributed by atoms with Gasteiger partial charge in [0.2, 0.25) is 0 Å². The number of carbonyl (C=O) groups excluding carboxylic acids is 1. The number of pyridine rings is 1. The molecule has 1 aromatic heterocycles. The molecular weight excluding hydrogens is 228 g/mol. The topological polar surface area (TPSA) is 71.2 Å². The van der Waals surface area contributed by atoms with E-state index < -0.39 is 5.91 Å². The lowest BCUT2D eigenvalue weighted by Gasteiger charge is -2.30. The average Bonchev–Trinajstić information content (AvgIpc) is 2.89. The zero-order valence-electron chi connectivity index (χ0n) is 10.7. The number of carbonyl (C=O) groups is 1. The second-order valence-electron chi connectivity index (χ2n) is 4.60. The molecule has 1 unspecified atom stereocenters. The van der Waals surface area contributed by atoms with Crippen LogP contribution in [0.2, 0.25) is 0 Å². The molecule has 5 nitrogen and oxygen atoms in total. The Labute approximate surface area is 107 Å². The molecule has 0 spiro atoms. The van der Waals surface area contributed by atoms with E-state index in [1.165, 1.54) is 0 Å². The van der Waals surface area contributed by atoms with Crippen molar-refractivity contribution in [1.82, 2.24) is 10.3 Å². The summed E-state index contributed by atoms with van der Waals surface area (Å²) in [6, 6.07) is 4.23. The lowest BCUT2D eigenvalue weighted by molar-refractivity contribution is 0.0995. The van der Waals surface area contributed by atoms with E-state index in [9.17, 15) is 4.79 Å². The van der Waals surface area contributed by atoms with Gasteiger partial charge in [-0.1, -0.05) is 6.92 Å². The minimum Gasteiger partial charge on any atom is -0.367 e. The molecule has 3 N–H and O–H groups in total. The Bertz CT molecular complexity index is 415. The number of amides is 1. The lowest BCUT2D eigenvalue weighted by atomic mass is 10.1. The molecule has 1 aliphatic heterocycles. The fourth-order valence-electron chi connectivity index (χ4n) is 2.40. The normalized spacial score (nSPS) is 18.8. The van der Waals surface area contributed by atoms with Crippen molar-refractivity contribution in [2.24, 2.45) is 5.73 Å². The molecule has 1 amide bonds. The van der Waals surface area contributed by atoms with Gasteiger partial charge in [-0.15, -0.1) is 0 Å². The number of aromatic nitrogens is 1. The molecule has 2 rings (SSSR count). The van der Waals surface area contributed by atoms with Crippen molar-refractivity contribution in [3.05, 3.63) is 24.0 Å². The number of nitrogens with two attached hydrogens (primary N) is 1. The van der Waals surface area contributed by atoms with Gasteiger partial charge in [-0.05, 0) is 31.5 Å². The van der Waals surface area contributed by atoms with Crippen LogP contribution in [0, 0.1) is 0 Å². The standard InChI is InChI=1S/C13H20N4O/c1-2-7-17(11-3-5-15-9-11)10-4-6-16-12(8-10)13(14)18/h4,6,8,11,15H,2-3,5,7,9H2,1H3,(H2,14,18). The molecule has 1 aromatic rings. The third-order valence-corrected chi connectivity index (χ3v) is 3.27. The van der Waals surface area contributed by atoms with Crippen LogP contribution >= 0.6 is 0 Å². The van der Waals surface area contributed by atoms with E-state index in [-0.39, 0.29) is 0 Å². The number of hydrogen-bond acceptors (Lipinski definition) is 4. The minimum absolute atomic E-state index is 0.333. The Morgan fingerprint density at radius 1 is 1.67 bits per heavy atom. The predicted molar refractivity (Wildman–Crippen MR) is 71.7 cm³/mol. The Kier molecular flexibility index (Phi) is 4.15.